The maximum absolute atomic E-state index is 11.9. The van der Waals surface area contributed by atoms with Gasteiger partial charge in [-0.05, 0) is 63.5 Å². The van der Waals surface area contributed by atoms with Crippen LogP contribution in [0.5, 0.6) is 0 Å². The molecule has 0 aromatic carbocycles. The Balaban J connectivity index is 2.58. The summed E-state index contributed by atoms with van der Waals surface area (Å²) in [5.74, 6) is -0.877. The standard InChI is InChI=1S/C25H36N2O3/c1-18(12-13-22-20(3)11-8-14-25(22,5)6)9-7-10-19(2)15-23(29)27-17-24(30)26-16-21(4)28/h7,9-10,12-13,15H,8,11,14,16-17H2,1-6H3,(H,26,30)(H,27,29)/b10-7+,13-12+,18-9+,19-15+. The van der Waals surface area contributed by atoms with Crippen molar-refractivity contribution in [2.24, 2.45) is 5.41 Å². The Labute approximate surface area is 181 Å². The molecule has 0 aromatic rings. The first-order chi connectivity index (χ1) is 14.0. The Morgan fingerprint density at radius 1 is 1.00 bits per heavy atom. The molecule has 0 aromatic heterocycles. The van der Waals surface area contributed by atoms with Crippen molar-refractivity contribution < 1.29 is 14.4 Å². The van der Waals surface area contributed by atoms with Gasteiger partial charge >= 0.3 is 0 Å². The van der Waals surface area contributed by atoms with Crippen LogP contribution in [0.15, 0.2) is 58.7 Å². The van der Waals surface area contributed by atoms with Crippen LogP contribution in [-0.4, -0.2) is 30.7 Å². The van der Waals surface area contributed by atoms with E-state index in [4.69, 9.17) is 0 Å². The molecule has 5 nitrogen and oxygen atoms in total. The Morgan fingerprint density at radius 3 is 2.33 bits per heavy atom. The highest BCUT2D eigenvalue weighted by molar-refractivity contribution is 5.92. The Kier molecular flexibility index (Phi) is 10.2. The van der Waals surface area contributed by atoms with Crippen LogP contribution in [0.3, 0.4) is 0 Å². The molecule has 0 bridgehead atoms. The van der Waals surface area contributed by atoms with Gasteiger partial charge in [-0.25, -0.2) is 0 Å². The first-order valence-corrected chi connectivity index (χ1v) is 10.5. The van der Waals surface area contributed by atoms with Crippen LogP contribution in [0.1, 0.15) is 60.8 Å². The fourth-order valence-electron chi connectivity index (χ4n) is 3.39. The predicted molar refractivity (Wildman–Crippen MR) is 123 cm³/mol. The summed E-state index contributed by atoms with van der Waals surface area (Å²) in [6.45, 7) is 11.9. The molecule has 0 unspecified atom stereocenters. The maximum atomic E-state index is 11.9. The van der Waals surface area contributed by atoms with Crippen molar-refractivity contribution in [3.63, 3.8) is 0 Å². The summed E-state index contributed by atoms with van der Waals surface area (Å²) in [7, 11) is 0. The second-order valence-corrected chi connectivity index (χ2v) is 8.62. The minimum Gasteiger partial charge on any atom is -0.348 e. The zero-order valence-electron chi connectivity index (χ0n) is 19.2. The van der Waals surface area contributed by atoms with Crippen LogP contribution < -0.4 is 10.6 Å². The Bertz CT molecular complexity index is 808. The van der Waals surface area contributed by atoms with Crippen LogP contribution in [0.2, 0.25) is 0 Å². The SMILES string of the molecule is CC(=O)CNC(=O)CNC(=O)/C=C(C)/C=C/C=C(C)/C=C/C1=C(C)CCCC1(C)C. The third kappa shape index (κ3) is 9.68. The molecule has 0 aliphatic heterocycles. The molecular formula is C25H36N2O3. The zero-order chi connectivity index (χ0) is 22.7. The lowest BCUT2D eigenvalue weighted by Gasteiger charge is -2.32. The molecule has 0 saturated carbocycles. The average Bonchev–Trinajstić information content (AvgIpc) is 2.63. The third-order valence-electron chi connectivity index (χ3n) is 5.09. The van der Waals surface area contributed by atoms with Crippen LogP contribution in [0.4, 0.5) is 0 Å². The number of allylic oxidation sites excluding steroid dienone is 9. The first-order valence-electron chi connectivity index (χ1n) is 10.5. The molecule has 5 heteroatoms. The van der Waals surface area contributed by atoms with Crippen molar-refractivity contribution in [1.29, 1.82) is 0 Å². The smallest absolute Gasteiger partial charge is 0.244 e. The fraction of sp³-hybridized carbons (Fsp3) is 0.480. The molecule has 2 amide bonds. The summed E-state index contributed by atoms with van der Waals surface area (Å²) in [6, 6.07) is 0. The van der Waals surface area contributed by atoms with Gasteiger partial charge in [-0.1, -0.05) is 55.4 Å². The zero-order valence-corrected chi connectivity index (χ0v) is 19.2. The predicted octanol–water partition coefficient (Wildman–Crippen LogP) is 4.34. The van der Waals surface area contributed by atoms with E-state index in [9.17, 15) is 14.4 Å². The number of ketones is 1. The molecule has 1 rings (SSSR count). The van der Waals surface area contributed by atoms with Crippen LogP contribution in [0.25, 0.3) is 0 Å². The van der Waals surface area contributed by atoms with Gasteiger partial charge in [0.2, 0.25) is 11.8 Å². The highest BCUT2D eigenvalue weighted by Gasteiger charge is 2.26. The van der Waals surface area contributed by atoms with E-state index in [0.717, 1.165) is 11.1 Å². The van der Waals surface area contributed by atoms with Gasteiger partial charge in [-0.3, -0.25) is 14.4 Å². The van der Waals surface area contributed by atoms with E-state index < -0.39 is 5.91 Å². The van der Waals surface area contributed by atoms with Crippen molar-refractivity contribution >= 4 is 17.6 Å². The van der Waals surface area contributed by atoms with Gasteiger partial charge in [0.05, 0.1) is 13.1 Å². The normalized spacial score (nSPS) is 17.5. The lowest BCUT2D eigenvalue weighted by Crippen LogP contribution is -2.38. The molecule has 164 valence electrons. The van der Waals surface area contributed by atoms with Crippen molar-refractivity contribution in [3.05, 3.63) is 58.7 Å². The monoisotopic (exact) mass is 412 g/mol. The van der Waals surface area contributed by atoms with E-state index in [0.29, 0.717) is 0 Å². The highest BCUT2D eigenvalue weighted by atomic mass is 16.2. The highest BCUT2D eigenvalue weighted by Crippen LogP contribution is 2.40. The van der Waals surface area contributed by atoms with Crippen molar-refractivity contribution in [3.8, 4) is 0 Å². The summed E-state index contributed by atoms with van der Waals surface area (Å²) < 4.78 is 0. The summed E-state index contributed by atoms with van der Waals surface area (Å²) >= 11 is 0. The second kappa shape index (κ2) is 12.1. The van der Waals surface area contributed by atoms with Crippen molar-refractivity contribution in [2.45, 2.75) is 60.8 Å². The summed E-state index contributed by atoms with van der Waals surface area (Å²) in [4.78, 5) is 34.2. The molecule has 2 N–H and O–H groups in total. The van der Waals surface area contributed by atoms with Gasteiger partial charge in [0.15, 0.2) is 0 Å². The fourth-order valence-corrected chi connectivity index (χ4v) is 3.39. The van der Waals surface area contributed by atoms with Crippen LogP contribution in [0, 0.1) is 5.41 Å². The van der Waals surface area contributed by atoms with E-state index in [2.05, 4.69) is 50.5 Å². The minimum absolute atomic E-state index is 0.0270. The first kappa shape index (κ1) is 25.3. The molecule has 1 aliphatic rings. The number of hydrogen-bond acceptors (Lipinski definition) is 3. The summed E-state index contributed by atoms with van der Waals surface area (Å²) in [5.41, 5.74) is 5.05. The number of carbonyl (C=O) groups excluding carboxylic acids is 3. The van der Waals surface area contributed by atoms with E-state index in [1.54, 1.807) is 0 Å². The van der Waals surface area contributed by atoms with Gasteiger partial charge in [0.25, 0.3) is 0 Å². The maximum Gasteiger partial charge on any atom is 0.244 e. The quantitative estimate of drug-likeness (QED) is 0.437. The number of amides is 2. The lowest BCUT2D eigenvalue weighted by atomic mass is 9.72. The summed E-state index contributed by atoms with van der Waals surface area (Å²) in [6.07, 6.45) is 15.2. The molecule has 0 saturated heterocycles. The molecule has 0 fully saturated rings. The van der Waals surface area contributed by atoms with E-state index in [1.807, 2.05) is 25.2 Å². The minimum atomic E-state index is -0.392. The Morgan fingerprint density at radius 2 is 1.70 bits per heavy atom. The largest absolute Gasteiger partial charge is 0.348 e. The number of nitrogens with one attached hydrogen (secondary N) is 2. The number of hydrogen-bond donors (Lipinski definition) is 2. The molecular weight excluding hydrogens is 376 g/mol. The molecule has 1 aliphatic carbocycles. The summed E-state index contributed by atoms with van der Waals surface area (Å²) in [5, 5.41) is 4.93. The van der Waals surface area contributed by atoms with E-state index in [-0.39, 0.29) is 30.2 Å². The third-order valence-corrected chi connectivity index (χ3v) is 5.09. The van der Waals surface area contributed by atoms with Crippen molar-refractivity contribution in [2.75, 3.05) is 13.1 Å². The number of rotatable bonds is 9. The lowest BCUT2D eigenvalue weighted by molar-refractivity contribution is -0.125. The van der Waals surface area contributed by atoms with Gasteiger partial charge in [0, 0.05) is 6.08 Å². The van der Waals surface area contributed by atoms with E-state index in [1.165, 1.54) is 43.4 Å². The van der Waals surface area contributed by atoms with Crippen LogP contribution >= 0.6 is 0 Å². The molecule has 0 spiro atoms. The average molecular weight is 413 g/mol. The van der Waals surface area contributed by atoms with Gasteiger partial charge < -0.3 is 10.6 Å². The number of carbonyl (C=O) groups is 3. The second-order valence-electron chi connectivity index (χ2n) is 8.62. The topological polar surface area (TPSA) is 75.3 Å². The number of Topliss-reactive ketones (excluding diaryl/α,β-unsaturated/α-hetero) is 1. The molecule has 0 radical (unpaired) electrons. The molecule has 0 atom stereocenters. The van der Waals surface area contributed by atoms with E-state index >= 15 is 0 Å². The molecule has 30 heavy (non-hydrogen) atoms. The Hall–Kier alpha value is -2.69. The van der Waals surface area contributed by atoms with Gasteiger partial charge in [-0.15, -0.1) is 0 Å². The van der Waals surface area contributed by atoms with Gasteiger partial charge in [-0.2, -0.15) is 0 Å². The van der Waals surface area contributed by atoms with Crippen molar-refractivity contribution in [1.82, 2.24) is 10.6 Å². The van der Waals surface area contributed by atoms with Crippen LogP contribution in [-0.2, 0) is 14.4 Å². The molecule has 0 heterocycles. The van der Waals surface area contributed by atoms with Gasteiger partial charge in [0.1, 0.15) is 5.78 Å².